The van der Waals surface area contributed by atoms with Gasteiger partial charge in [-0.3, -0.25) is 4.79 Å². The Morgan fingerprint density at radius 3 is 2.38 bits per heavy atom. The van der Waals surface area contributed by atoms with Crippen molar-refractivity contribution in [1.82, 2.24) is 15.4 Å². The zero-order chi connectivity index (χ0) is 23.8. The van der Waals surface area contributed by atoms with Crippen molar-refractivity contribution < 1.29 is 52.3 Å². The summed E-state index contributed by atoms with van der Waals surface area (Å²) in [5.41, 5.74) is 1.17. The number of carbonyl (C=O) groups excluding carboxylic acids is 2. The van der Waals surface area contributed by atoms with Crippen LogP contribution in [0.15, 0.2) is 47.4 Å². The number of rotatable bonds is 8. The van der Waals surface area contributed by atoms with Gasteiger partial charge in [0, 0.05) is 17.6 Å². The topological polar surface area (TPSA) is 114 Å². The molecule has 3 rings (SSSR count). The Labute approximate surface area is 227 Å². The van der Waals surface area contributed by atoms with E-state index in [1.807, 2.05) is 0 Å². The Morgan fingerprint density at radius 1 is 1.06 bits per heavy atom. The van der Waals surface area contributed by atoms with E-state index < -0.39 is 16.1 Å². The van der Waals surface area contributed by atoms with Crippen LogP contribution in [0.5, 0.6) is 5.75 Å². The smallest absolute Gasteiger partial charge is 0.496 e. The van der Waals surface area contributed by atoms with E-state index in [-0.39, 0.29) is 46.4 Å². The molecule has 1 aliphatic carbocycles. The minimum atomic E-state index is -3.97. The summed E-state index contributed by atoms with van der Waals surface area (Å²) in [6.45, 7) is 0.336. The Kier molecular flexibility index (Phi) is 11.2. The molecule has 1 saturated carbocycles. The van der Waals surface area contributed by atoms with E-state index in [0.29, 0.717) is 29.3 Å². The van der Waals surface area contributed by atoms with E-state index in [9.17, 15) is 18.0 Å². The van der Waals surface area contributed by atoms with Crippen LogP contribution in [-0.4, -0.2) is 40.1 Å². The van der Waals surface area contributed by atoms with Crippen LogP contribution in [0.25, 0.3) is 0 Å². The van der Waals surface area contributed by atoms with Gasteiger partial charge < -0.3 is 15.4 Å². The maximum atomic E-state index is 12.5. The first kappa shape index (κ1) is 28.5. The summed E-state index contributed by atoms with van der Waals surface area (Å²) in [7, 11) is -2.49. The first-order valence-corrected chi connectivity index (χ1v) is 12.7. The molecule has 8 nitrogen and oxygen atoms in total. The predicted molar refractivity (Wildman–Crippen MR) is 126 cm³/mol. The van der Waals surface area contributed by atoms with E-state index in [2.05, 4.69) is 15.4 Å². The van der Waals surface area contributed by atoms with Gasteiger partial charge in [-0.2, -0.15) is 0 Å². The third-order valence-electron chi connectivity index (χ3n) is 5.51. The average molecular weight is 517 g/mol. The molecule has 178 valence electrons. The molecule has 34 heavy (non-hydrogen) atoms. The van der Waals surface area contributed by atoms with Gasteiger partial charge in [0.05, 0.1) is 17.6 Å². The van der Waals surface area contributed by atoms with Crippen molar-refractivity contribution in [2.75, 3.05) is 13.7 Å². The second-order valence-electron chi connectivity index (χ2n) is 7.91. The average Bonchev–Trinajstić information content (AvgIpc) is 2.79. The fourth-order valence-electron chi connectivity index (χ4n) is 3.75. The molecule has 0 unspecified atom stereocenters. The molecule has 1 fully saturated rings. The summed E-state index contributed by atoms with van der Waals surface area (Å²) in [6.07, 6.45) is 5.43. The minimum absolute atomic E-state index is 0. The standard InChI is InChI=1S/C23H28ClN3O5S.Na/c1-32-21-12-9-17(24)15-20(21)22(28)25-14-13-16-7-10-19(11-8-16)33(30,31)27-23(29)26-18-5-3-2-4-6-18;/h7-12,15,18H,2-6,13-14H2,1H3,(H,25,28)(H2,26,27,29);/q;+1. The molecular formula is C23H28ClN3NaO5S+. The second kappa shape index (κ2) is 13.3. The Balaban J connectivity index is 0.00000408. The molecule has 3 amide bonds. The van der Waals surface area contributed by atoms with Gasteiger partial charge in [0.25, 0.3) is 15.9 Å². The minimum Gasteiger partial charge on any atom is -0.496 e. The van der Waals surface area contributed by atoms with Gasteiger partial charge in [0.2, 0.25) is 0 Å². The molecule has 11 heteroatoms. The van der Waals surface area contributed by atoms with Gasteiger partial charge in [-0.25, -0.2) is 17.9 Å². The van der Waals surface area contributed by atoms with Crippen LogP contribution in [0.4, 0.5) is 4.79 Å². The number of carbonyl (C=O) groups is 2. The van der Waals surface area contributed by atoms with Crippen LogP contribution in [0, 0.1) is 0 Å². The third-order valence-corrected chi connectivity index (χ3v) is 7.09. The summed E-state index contributed by atoms with van der Waals surface area (Å²) < 4.78 is 32.2. The maximum absolute atomic E-state index is 12.5. The molecule has 1 aliphatic rings. The molecule has 0 aromatic heterocycles. The number of hydrogen-bond acceptors (Lipinski definition) is 5. The normalized spacial score (nSPS) is 13.9. The second-order valence-corrected chi connectivity index (χ2v) is 10.0. The monoisotopic (exact) mass is 516 g/mol. The largest absolute Gasteiger partial charge is 1.00 e. The number of amides is 3. The van der Waals surface area contributed by atoms with Crippen molar-refractivity contribution in [3.63, 3.8) is 0 Å². The summed E-state index contributed by atoms with van der Waals surface area (Å²) >= 11 is 5.96. The fraction of sp³-hybridized carbons (Fsp3) is 0.391. The Morgan fingerprint density at radius 2 is 1.74 bits per heavy atom. The first-order valence-electron chi connectivity index (χ1n) is 10.8. The van der Waals surface area contributed by atoms with Crippen molar-refractivity contribution in [3.05, 3.63) is 58.6 Å². The van der Waals surface area contributed by atoms with E-state index in [1.54, 1.807) is 24.3 Å². The van der Waals surface area contributed by atoms with Gasteiger partial charge in [-0.1, -0.05) is 43.0 Å². The zero-order valence-electron chi connectivity index (χ0n) is 19.4. The van der Waals surface area contributed by atoms with Crippen LogP contribution in [0.3, 0.4) is 0 Å². The number of hydrogen-bond donors (Lipinski definition) is 3. The zero-order valence-corrected chi connectivity index (χ0v) is 23.0. The van der Waals surface area contributed by atoms with E-state index in [0.717, 1.165) is 37.7 Å². The van der Waals surface area contributed by atoms with Crippen molar-refractivity contribution in [2.24, 2.45) is 0 Å². The SMILES string of the molecule is COc1ccc(Cl)cc1C(=O)NCCc1ccc(S(=O)(=O)NC(=O)NC2CCCCC2)cc1.[Na+]. The quantitative estimate of drug-likeness (QED) is 0.446. The molecule has 2 aromatic carbocycles. The summed E-state index contributed by atoms with van der Waals surface area (Å²) in [5, 5.41) is 5.96. The van der Waals surface area contributed by atoms with Gasteiger partial charge >= 0.3 is 35.6 Å². The molecule has 2 aromatic rings. The van der Waals surface area contributed by atoms with Crippen LogP contribution < -0.4 is 49.6 Å². The summed E-state index contributed by atoms with van der Waals surface area (Å²) in [5.74, 6) is 0.105. The number of benzene rings is 2. The summed E-state index contributed by atoms with van der Waals surface area (Å²) in [4.78, 5) is 24.5. The number of ether oxygens (including phenoxy) is 1. The van der Waals surface area contributed by atoms with Crippen LogP contribution in [0.1, 0.15) is 48.0 Å². The first-order chi connectivity index (χ1) is 15.8. The molecule has 0 radical (unpaired) electrons. The number of methoxy groups -OCH3 is 1. The molecule has 0 saturated heterocycles. The van der Waals surface area contributed by atoms with Gasteiger partial charge in [0.1, 0.15) is 5.75 Å². The van der Waals surface area contributed by atoms with Crippen LogP contribution >= 0.6 is 11.6 Å². The maximum Gasteiger partial charge on any atom is 1.00 e. The molecule has 0 bridgehead atoms. The number of sulfonamides is 1. The van der Waals surface area contributed by atoms with Crippen LogP contribution in [0.2, 0.25) is 5.02 Å². The Hall–Kier alpha value is -1.78. The molecule has 0 heterocycles. The fourth-order valence-corrected chi connectivity index (χ4v) is 4.84. The third kappa shape index (κ3) is 8.16. The molecule has 3 N–H and O–H groups in total. The van der Waals surface area contributed by atoms with Crippen molar-refractivity contribution in [2.45, 2.75) is 49.5 Å². The van der Waals surface area contributed by atoms with E-state index in [1.165, 1.54) is 25.3 Å². The van der Waals surface area contributed by atoms with Crippen LogP contribution in [-0.2, 0) is 16.4 Å². The predicted octanol–water partition coefficient (Wildman–Crippen LogP) is 0.646. The Bertz CT molecular complexity index is 1090. The number of halogens is 1. The number of urea groups is 1. The van der Waals surface area contributed by atoms with Gasteiger partial charge in [-0.15, -0.1) is 0 Å². The molecular weight excluding hydrogens is 489 g/mol. The van der Waals surface area contributed by atoms with E-state index in [4.69, 9.17) is 16.3 Å². The van der Waals surface area contributed by atoms with Gasteiger partial charge in [-0.05, 0) is 55.2 Å². The van der Waals surface area contributed by atoms with E-state index >= 15 is 0 Å². The summed E-state index contributed by atoms with van der Waals surface area (Å²) in [6, 6.07) is 10.3. The molecule has 0 atom stereocenters. The van der Waals surface area contributed by atoms with Crippen molar-refractivity contribution in [1.29, 1.82) is 0 Å². The number of nitrogens with one attached hydrogen (secondary N) is 3. The molecule has 0 aliphatic heterocycles. The van der Waals surface area contributed by atoms with Crippen molar-refractivity contribution >= 4 is 33.6 Å². The molecule has 0 spiro atoms. The van der Waals surface area contributed by atoms with Gasteiger partial charge in [0.15, 0.2) is 0 Å². The van der Waals surface area contributed by atoms with Crippen molar-refractivity contribution in [3.8, 4) is 5.75 Å².